The van der Waals surface area contributed by atoms with E-state index in [1.165, 1.54) is 0 Å². The zero-order valence-electron chi connectivity index (χ0n) is 12.5. The van der Waals surface area contributed by atoms with Gasteiger partial charge in [-0.15, -0.1) is 24.0 Å². The molecular weight excluding hydrogens is 410 g/mol. The summed E-state index contributed by atoms with van der Waals surface area (Å²) in [6.45, 7) is 2.54. The molecule has 0 aliphatic rings. The van der Waals surface area contributed by atoms with Crippen LogP contribution in [0.2, 0.25) is 0 Å². The number of hydrogen-bond acceptors (Lipinski definition) is 2. The molecule has 1 rings (SSSR count). The zero-order valence-corrected chi connectivity index (χ0v) is 14.9. The highest BCUT2D eigenvalue weighted by molar-refractivity contribution is 14.0. The number of halogens is 4. The van der Waals surface area contributed by atoms with Crippen LogP contribution in [0.5, 0.6) is 5.75 Å². The molecule has 0 saturated carbocycles. The highest BCUT2D eigenvalue weighted by atomic mass is 127. The second kappa shape index (κ2) is 10.5. The molecule has 126 valence electrons. The molecule has 0 unspecified atom stereocenters. The topological polar surface area (TPSA) is 45.7 Å². The molecule has 0 radical (unpaired) electrons. The average Bonchev–Trinajstić information content (AvgIpc) is 2.43. The van der Waals surface area contributed by atoms with E-state index in [0.717, 1.165) is 5.56 Å². The summed E-state index contributed by atoms with van der Waals surface area (Å²) >= 11 is 0. The monoisotopic (exact) mass is 431 g/mol. The molecule has 0 aliphatic heterocycles. The lowest BCUT2D eigenvalue weighted by molar-refractivity contribution is -0.132. The molecule has 0 heterocycles. The first-order valence-corrected chi connectivity index (χ1v) is 6.67. The van der Waals surface area contributed by atoms with E-state index in [9.17, 15) is 13.2 Å². The van der Waals surface area contributed by atoms with Crippen LogP contribution >= 0.6 is 24.0 Å². The van der Waals surface area contributed by atoms with Crippen molar-refractivity contribution < 1.29 is 17.9 Å². The Morgan fingerprint density at radius 3 is 2.50 bits per heavy atom. The number of benzene rings is 1. The van der Waals surface area contributed by atoms with Crippen LogP contribution in [-0.4, -0.2) is 32.3 Å². The second-order valence-electron chi connectivity index (χ2n) is 4.30. The number of nitrogens with zero attached hydrogens (tertiary/aromatic N) is 1. The van der Waals surface area contributed by atoms with E-state index < -0.39 is 12.6 Å². The maximum absolute atomic E-state index is 12.1. The molecule has 0 atom stereocenters. The lowest BCUT2D eigenvalue weighted by atomic mass is 10.2. The van der Waals surface area contributed by atoms with Gasteiger partial charge in [0.2, 0.25) is 0 Å². The van der Waals surface area contributed by atoms with Gasteiger partial charge in [-0.25, -0.2) is 4.99 Å². The number of guanidine groups is 1. The van der Waals surface area contributed by atoms with E-state index in [1.807, 2.05) is 31.2 Å². The molecule has 4 nitrogen and oxygen atoms in total. The Morgan fingerprint density at radius 1 is 1.23 bits per heavy atom. The van der Waals surface area contributed by atoms with Crippen molar-refractivity contribution in [2.45, 2.75) is 26.1 Å². The number of para-hydroxylation sites is 1. The molecular formula is C14H21F3IN3O. The molecule has 0 bridgehead atoms. The molecule has 2 N–H and O–H groups in total. The molecule has 1 aromatic carbocycles. The van der Waals surface area contributed by atoms with E-state index in [0.29, 0.717) is 24.8 Å². The van der Waals surface area contributed by atoms with Crippen LogP contribution in [0, 0.1) is 0 Å². The number of alkyl halides is 3. The Kier molecular flexibility index (Phi) is 9.95. The maximum Gasteiger partial charge on any atom is 0.390 e. The average molecular weight is 431 g/mol. The van der Waals surface area contributed by atoms with E-state index in [2.05, 4.69) is 15.6 Å². The summed E-state index contributed by atoms with van der Waals surface area (Å²) in [4.78, 5) is 4.26. The van der Waals surface area contributed by atoms with Crippen LogP contribution in [0.1, 0.15) is 18.9 Å². The van der Waals surface area contributed by atoms with Gasteiger partial charge in [0.25, 0.3) is 0 Å². The second-order valence-corrected chi connectivity index (χ2v) is 4.30. The van der Waals surface area contributed by atoms with Gasteiger partial charge in [-0.2, -0.15) is 13.2 Å². The summed E-state index contributed by atoms with van der Waals surface area (Å²) < 4.78 is 41.6. The van der Waals surface area contributed by atoms with Gasteiger partial charge < -0.3 is 15.4 Å². The number of nitrogens with one attached hydrogen (secondary N) is 2. The standard InChI is InChI=1S/C14H20F3N3O.HI/c1-3-18-13(19-9-8-14(15,16)17)20-10-11-6-4-5-7-12(11)21-2;/h4-7H,3,8-10H2,1-2H3,(H2,18,19,20);1H. The molecule has 0 saturated heterocycles. The summed E-state index contributed by atoms with van der Waals surface area (Å²) in [5, 5.41) is 5.57. The first-order valence-electron chi connectivity index (χ1n) is 6.67. The Bertz CT molecular complexity index is 467. The van der Waals surface area contributed by atoms with Crippen LogP contribution in [0.3, 0.4) is 0 Å². The molecule has 1 aromatic rings. The fraction of sp³-hybridized carbons (Fsp3) is 0.500. The third-order valence-corrected chi connectivity index (χ3v) is 2.65. The summed E-state index contributed by atoms with van der Waals surface area (Å²) in [5.41, 5.74) is 0.869. The smallest absolute Gasteiger partial charge is 0.390 e. The van der Waals surface area contributed by atoms with Gasteiger partial charge in [0, 0.05) is 18.7 Å². The van der Waals surface area contributed by atoms with Crippen molar-refractivity contribution in [1.82, 2.24) is 10.6 Å². The predicted octanol–water partition coefficient (Wildman–Crippen LogP) is 3.32. The first-order chi connectivity index (χ1) is 9.96. The highest BCUT2D eigenvalue weighted by Gasteiger charge is 2.26. The summed E-state index contributed by atoms with van der Waals surface area (Å²) in [7, 11) is 1.56. The van der Waals surface area contributed by atoms with Gasteiger partial charge in [0.1, 0.15) is 5.75 Å². The third-order valence-electron chi connectivity index (χ3n) is 2.65. The molecule has 0 aromatic heterocycles. The Morgan fingerprint density at radius 2 is 1.91 bits per heavy atom. The quantitative estimate of drug-likeness (QED) is 0.413. The fourth-order valence-electron chi connectivity index (χ4n) is 1.66. The first kappa shape index (κ1) is 20.8. The fourth-order valence-corrected chi connectivity index (χ4v) is 1.66. The van der Waals surface area contributed by atoms with Crippen molar-refractivity contribution in [2.75, 3.05) is 20.2 Å². The van der Waals surface area contributed by atoms with Crippen LogP contribution in [0.4, 0.5) is 13.2 Å². The van der Waals surface area contributed by atoms with E-state index in [-0.39, 0.29) is 30.5 Å². The van der Waals surface area contributed by atoms with E-state index >= 15 is 0 Å². The van der Waals surface area contributed by atoms with Gasteiger partial charge in [-0.3, -0.25) is 0 Å². The number of ether oxygens (including phenoxy) is 1. The van der Waals surface area contributed by atoms with Crippen molar-refractivity contribution in [2.24, 2.45) is 4.99 Å². The van der Waals surface area contributed by atoms with Gasteiger partial charge in [0.15, 0.2) is 5.96 Å². The summed E-state index contributed by atoms with van der Waals surface area (Å²) in [6, 6.07) is 7.38. The van der Waals surface area contributed by atoms with Gasteiger partial charge in [-0.1, -0.05) is 18.2 Å². The molecule has 8 heteroatoms. The minimum absolute atomic E-state index is 0. The van der Waals surface area contributed by atoms with Crippen molar-refractivity contribution in [3.63, 3.8) is 0 Å². The zero-order chi connectivity index (χ0) is 15.7. The third kappa shape index (κ3) is 8.30. The normalized spacial score (nSPS) is 11.6. The largest absolute Gasteiger partial charge is 0.496 e. The number of rotatable bonds is 6. The van der Waals surface area contributed by atoms with Gasteiger partial charge in [-0.05, 0) is 13.0 Å². The van der Waals surface area contributed by atoms with Crippen LogP contribution in [0.25, 0.3) is 0 Å². The maximum atomic E-state index is 12.1. The number of methoxy groups -OCH3 is 1. The van der Waals surface area contributed by atoms with Gasteiger partial charge in [0.05, 0.1) is 20.1 Å². The van der Waals surface area contributed by atoms with Crippen LogP contribution in [0.15, 0.2) is 29.3 Å². The molecule has 0 aliphatic carbocycles. The highest BCUT2D eigenvalue weighted by Crippen LogP contribution is 2.19. The summed E-state index contributed by atoms with van der Waals surface area (Å²) in [5.74, 6) is 1.06. The van der Waals surface area contributed by atoms with Gasteiger partial charge >= 0.3 is 6.18 Å². The number of aliphatic imine (C=N–C) groups is 1. The molecule has 0 spiro atoms. The Balaban J connectivity index is 0.00000441. The minimum Gasteiger partial charge on any atom is -0.496 e. The van der Waals surface area contributed by atoms with Crippen molar-refractivity contribution in [1.29, 1.82) is 0 Å². The summed E-state index contributed by atoms with van der Waals surface area (Å²) in [6.07, 6.45) is -5.07. The lowest BCUT2D eigenvalue weighted by Crippen LogP contribution is -2.38. The Labute approximate surface area is 145 Å². The minimum atomic E-state index is -4.17. The van der Waals surface area contributed by atoms with Crippen LogP contribution < -0.4 is 15.4 Å². The van der Waals surface area contributed by atoms with E-state index in [4.69, 9.17) is 4.74 Å². The SMILES string of the molecule is CCNC(=NCc1ccccc1OC)NCCC(F)(F)F.I. The number of hydrogen-bond donors (Lipinski definition) is 2. The van der Waals surface area contributed by atoms with Crippen molar-refractivity contribution in [3.05, 3.63) is 29.8 Å². The molecule has 0 fully saturated rings. The van der Waals surface area contributed by atoms with E-state index in [1.54, 1.807) is 7.11 Å². The molecule has 22 heavy (non-hydrogen) atoms. The van der Waals surface area contributed by atoms with Crippen molar-refractivity contribution >= 4 is 29.9 Å². The van der Waals surface area contributed by atoms with Crippen molar-refractivity contribution in [3.8, 4) is 5.75 Å². The lowest BCUT2D eigenvalue weighted by Gasteiger charge is -2.13. The predicted molar refractivity (Wildman–Crippen MR) is 91.9 cm³/mol. The Hall–Kier alpha value is -1.19. The molecule has 0 amide bonds. The van der Waals surface area contributed by atoms with Crippen LogP contribution in [-0.2, 0) is 6.54 Å².